The average Bonchev–Trinajstić information content (AvgIpc) is 3.26. The largest absolute Gasteiger partial charge is 0.268 e. The molecule has 0 saturated heterocycles. The van der Waals surface area contributed by atoms with E-state index in [4.69, 9.17) is 0 Å². The highest BCUT2D eigenvalue weighted by atomic mass is 32.2. The number of sulfonamides is 1. The van der Waals surface area contributed by atoms with Crippen LogP contribution in [0.5, 0.6) is 0 Å². The molecular formula is C16H25N5O2S3. The third-order valence-corrected chi connectivity index (χ3v) is 7.62. The first kappa shape index (κ1) is 19.6. The monoisotopic (exact) mass is 415 g/mol. The molecule has 0 bridgehead atoms. The molecule has 3 rings (SSSR count). The van der Waals surface area contributed by atoms with Gasteiger partial charge in [0.15, 0.2) is 4.34 Å². The van der Waals surface area contributed by atoms with Crippen molar-refractivity contribution in [2.45, 2.75) is 74.1 Å². The van der Waals surface area contributed by atoms with Gasteiger partial charge in [-0.3, -0.25) is 9.40 Å². The standard InChI is InChI=1S/C16H25N5O2S3/c1-5-24-15-18-17-14(25-15)20-26(22,23)12-10-21(11-8-6-7-9-11)19-13(12)16(2,3)4/h10-11H,5-9H2,1-4H3,(H,17,20). The Morgan fingerprint density at radius 2 is 2.00 bits per heavy atom. The minimum atomic E-state index is -3.77. The van der Waals surface area contributed by atoms with Crippen molar-refractivity contribution in [1.82, 2.24) is 20.0 Å². The van der Waals surface area contributed by atoms with E-state index in [-0.39, 0.29) is 21.5 Å². The van der Waals surface area contributed by atoms with E-state index in [9.17, 15) is 8.42 Å². The second-order valence-corrected chi connectivity index (χ2v) is 11.6. The van der Waals surface area contributed by atoms with Crippen molar-refractivity contribution in [3.63, 3.8) is 0 Å². The summed E-state index contributed by atoms with van der Waals surface area (Å²) < 4.78 is 31.2. The molecule has 10 heteroatoms. The molecule has 0 atom stereocenters. The highest BCUT2D eigenvalue weighted by Crippen LogP contribution is 2.35. The zero-order valence-electron chi connectivity index (χ0n) is 15.5. The summed E-state index contributed by atoms with van der Waals surface area (Å²) in [5.41, 5.74) is 0.211. The second kappa shape index (κ2) is 7.47. The van der Waals surface area contributed by atoms with Gasteiger partial charge in [0, 0.05) is 11.6 Å². The van der Waals surface area contributed by atoms with Gasteiger partial charge in [-0.1, -0.05) is 63.6 Å². The van der Waals surface area contributed by atoms with Crippen molar-refractivity contribution in [3.05, 3.63) is 11.9 Å². The Balaban J connectivity index is 1.94. The van der Waals surface area contributed by atoms with Crippen molar-refractivity contribution in [3.8, 4) is 0 Å². The molecule has 0 spiro atoms. The van der Waals surface area contributed by atoms with Crippen LogP contribution in [0, 0.1) is 0 Å². The van der Waals surface area contributed by atoms with Crippen LogP contribution >= 0.6 is 23.1 Å². The zero-order valence-corrected chi connectivity index (χ0v) is 18.0. The second-order valence-electron chi connectivity index (χ2n) is 7.42. The van der Waals surface area contributed by atoms with Crippen LogP contribution in [0.4, 0.5) is 5.13 Å². The van der Waals surface area contributed by atoms with E-state index in [0.29, 0.717) is 5.69 Å². The fraction of sp³-hybridized carbons (Fsp3) is 0.688. The molecule has 1 N–H and O–H groups in total. The Morgan fingerprint density at radius 3 is 2.62 bits per heavy atom. The summed E-state index contributed by atoms with van der Waals surface area (Å²) in [7, 11) is -3.77. The van der Waals surface area contributed by atoms with Gasteiger partial charge < -0.3 is 0 Å². The van der Waals surface area contributed by atoms with Crippen molar-refractivity contribution in [2.75, 3.05) is 10.5 Å². The fourth-order valence-electron chi connectivity index (χ4n) is 3.05. The van der Waals surface area contributed by atoms with Crippen LogP contribution in [0.3, 0.4) is 0 Å². The average molecular weight is 416 g/mol. The van der Waals surface area contributed by atoms with Crippen LogP contribution < -0.4 is 4.72 Å². The lowest BCUT2D eigenvalue weighted by molar-refractivity contribution is 0.448. The summed E-state index contributed by atoms with van der Waals surface area (Å²) in [4.78, 5) is 0.233. The van der Waals surface area contributed by atoms with E-state index in [1.165, 1.54) is 35.9 Å². The summed E-state index contributed by atoms with van der Waals surface area (Å²) in [5, 5.41) is 12.9. The Kier molecular flexibility index (Phi) is 5.64. The molecule has 2 heterocycles. The van der Waals surface area contributed by atoms with Crippen LogP contribution in [0.1, 0.15) is 65.1 Å². The van der Waals surface area contributed by atoms with Crippen LogP contribution in [-0.2, 0) is 15.4 Å². The summed E-state index contributed by atoms with van der Waals surface area (Å²) in [6, 6.07) is 0.286. The maximum atomic E-state index is 13.0. The SMILES string of the molecule is CCSc1nnc(NS(=O)(=O)c2cn(C3CCCC3)nc2C(C)(C)C)s1. The van der Waals surface area contributed by atoms with Crippen molar-refractivity contribution in [2.24, 2.45) is 0 Å². The zero-order chi connectivity index (χ0) is 18.9. The van der Waals surface area contributed by atoms with E-state index in [1.807, 2.05) is 32.4 Å². The normalized spacial score (nSPS) is 16.3. The van der Waals surface area contributed by atoms with E-state index >= 15 is 0 Å². The lowest BCUT2D eigenvalue weighted by Gasteiger charge is -2.17. The highest BCUT2D eigenvalue weighted by Gasteiger charge is 2.32. The molecule has 1 aliphatic carbocycles. The highest BCUT2D eigenvalue weighted by molar-refractivity contribution is 8.01. The van der Waals surface area contributed by atoms with Gasteiger partial charge in [0.25, 0.3) is 10.0 Å². The van der Waals surface area contributed by atoms with Crippen molar-refractivity contribution >= 4 is 38.3 Å². The molecule has 0 aliphatic heterocycles. The van der Waals surface area contributed by atoms with Gasteiger partial charge in [0.05, 0.1) is 11.7 Å². The first-order valence-electron chi connectivity index (χ1n) is 8.79. The molecule has 144 valence electrons. The number of hydrogen-bond acceptors (Lipinski definition) is 7. The molecule has 26 heavy (non-hydrogen) atoms. The smallest absolute Gasteiger partial charge is 0.267 e. The molecule has 0 amide bonds. The molecule has 1 saturated carbocycles. The molecule has 1 aliphatic rings. The molecular weight excluding hydrogens is 390 g/mol. The Bertz CT molecular complexity index is 861. The van der Waals surface area contributed by atoms with E-state index in [1.54, 1.807) is 6.20 Å². The number of aromatic nitrogens is 4. The number of anilines is 1. The van der Waals surface area contributed by atoms with Gasteiger partial charge >= 0.3 is 0 Å². The predicted molar refractivity (Wildman–Crippen MR) is 106 cm³/mol. The Labute approximate surface area is 163 Å². The van der Waals surface area contributed by atoms with Crippen LogP contribution in [0.15, 0.2) is 15.4 Å². The van der Waals surface area contributed by atoms with Gasteiger partial charge in [0.2, 0.25) is 5.13 Å². The van der Waals surface area contributed by atoms with E-state index in [0.717, 1.165) is 22.9 Å². The van der Waals surface area contributed by atoms with Crippen LogP contribution in [0.2, 0.25) is 0 Å². The maximum absolute atomic E-state index is 13.0. The topological polar surface area (TPSA) is 89.8 Å². The van der Waals surface area contributed by atoms with Crippen molar-refractivity contribution < 1.29 is 8.42 Å². The minimum absolute atomic E-state index is 0.233. The van der Waals surface area contributed by atoms with E-state index < -0.39 is 10.0 Å². The van der Waals surface area contributed by atoms with E-state index in [2.05, 4.69) is 20.0 Å². The third kappa shape index (κ3) is 4.23. The Hall–Kier alpha value is -1.13. The predicted octanol–water partition coefficient (Wildman–Crippen LogP) is 4.06. The van der Waals surface area contributed by atoms with Gasteiger partial charge in [0.1, 0.15) is 4.90 Å². The molecule has 2 aromatic heterocycles. The van der Waals surface area contributed by atoms with Crippen molar-refractivity contribution in [1.29, 1.82) is 0 Å². The molecule has 0 aromatic carbocycles. The quantitative estimate of drug-likeness (QED) is 0.716. The lowest BCUT2D eigenvalue weighted by atomic mass is 9.92. The molecule has 0 radical (unpaired) electrons. The molecule has 0 unspecified atom stereocenters. The minimum Gasteiger partial charge on any atom is -0.268 e. The number of hydrogen-bond donors (Lipinski definition) is 1. The number of nitrogens with one attached hydrogen (secondary N) is 1. The summed E-state index contributed by atoms with van der Waals surface area (Å²) in [6.07, 6.45) is 6.11. The number of rotatable bonds is 6. The van der Waals surface area contributed by atoms with Gasteiger partial charge in [-0.25, -0.2) is 8.42 Å². The summed E-state index contributed by atoms with van der Waals surface area (Å²) in [5.74, 6) is 0.865. The third-order valence-electron chi connectivity index (χ3n) is 4.29. The summed E-state index contributed by atoms with van der Waals surface area (Å²) in [6.45, 7) is 7.96. The van der Waals surface area contributed by atoms with Gasteiger partial charge in [-0.15, -0.1) is 10.2 Å². The first-order chi connectivity index (χ1) is 12.2. The van der Waals surface area contributed by atoms with Crippen LogP contribution in [-0.4, -0.2) is 34.1 Å². The number of thioether (sulfide) groups is 1. The molecule has 7 nitrogen and oxygen atoms in total. The summed E-state index contributed by atoms with van der Waals surface area (Å²) >= 11 is 2.79. The Morgan fingerprint density at radius 1 is 1.31 bits per heavy atom. The van der Waals surface area contributed by atoms with Gasteiger partial charge in [-0.05, 0) is 18.6 Å². The first-order valence-corrected chi connectivity index (χ1v) is 12.1. The maximum Gasteiger partial charge on any atom is 0.267 e. The van der Waals surface area contributed by atoms with Crippen LogP contribution in [0.25, 0.3) is 0 Å². The molecule has 1 fully saturated rings. The fourth-order valence-corrected chi connectivity index (χ4v) is 6.27. The van der Waals surface area contributed by atoms with Gasteiger partial charge in [-0.2, -0.15) is 5.10 Å². The number of nitrogens with zero attached hydrogens (tertiary/aromatic N) is 4. The lowest BCUT2D eigenvalue weighted by Crippen LogP contribution is -2.20. The molecule has 2 aromatic rings.